The van der Waals surface area contributed by atoms with E-state index in [0.717, 1.165) is 12.2 Å². The van der Waals surface area contributed by atoms with Crippen LogP contribution in [0.2, 0.25) is 0 Å². The van der Waals surface area contributed by atoms with Gasteiger partial charge in [0.15, 0.2) is 0 Å². The van der Waals surface area contributed by atoms with Gasteiger partial charge in [-0.1, -0.05) is 42.5 Å². The van der Waals surface area contributed by atoms with Gasteiger partial charge in [0, 0.05) is 6.54 Å². The maximum atomic E-state index is 5.68. The third-order valence-corrected chi connectivity index (χ3v) is 2.53. The van der Waals surface area contributed by atoms with Gasteiger partial charge in [-0.05, 0) is 29.7 Å². The number of benzene rings is 2. The van der Waals surface area contributed by atoms with E-state index in [2.05, 4.69) is 12.1 Å². The maximum Gasteiger partial charge on any atom is 0.119 e. The van der Waals surface area contributed by atoms with Crippen molar-refractivity contribution in [2.45, 2.75) is 13.0 Å². The molecule has 2 aromatic rings. The largest absolute Gasteiger partial charge is 0.489 e. The van der Waals surface area contributed by atoms with Gasteiger partial charge in [-0.3, -0.25) is 0 Å². The zero-order chi connectivity index (χ0) is 11.9. The monoisotopic (exact) mass is 226 g/mol. The molecule has 0 bridgehead atoms. The van der Waals surface area contributed by atoms with Crippen LogP contribution in [0.5, 0.6) is 5.75 Å². The summed E-state index contributed by atoms with van der Waals surface area (Å²) < 4.78 is 5.68. The van der Waals surface area contributed by atoms with Crippen molar-refractivity contribution in [2.75, 3.05) is 0 Å². The number of rotatable bonds is 5. The van der Waals surface area contributed by atoms with Gasteiger partial charge in [0.25, 0.3) is 0 Å². The normalized spacial score (nSPS) is 10.2. The molecule has 0 unspecified atom stereocenters. The van der Waals surface area contributed by atoms with Crippen molar-refractivity contribution >= 4 is 0 Å². The van der Waals surface area contributed by atoms with Crippen LogP contribution in [0.3, 0.4) is 0 Å². The summed E-state index contributed by atoms with van der Waals surface area (Å²) in [7, 11) is 0. The average molecular weight is 226 g/mol. The summed E-state index contributed by atoms with van der Waals surface area (Å²) in [5.41, 5.74) is 7.74. The van der Waals surface area contributed by atoms with Crippen molar-refractivity contribution < 1.29 is 4.74 Å². The second kappa shape index (κ2) is 6.06. The minimum absolute atomic E-state index is 0.600. The fourth-order valence-electron chi connectivity index (χ4n) is 1.60. The fraction of sp³-hybridized carbons (Fsp3) is 0.133. The van der Waals surface area contributed by atoms with Crippen molar-refractivity contribution in [2.24, 2.45) is 5.73 Å². The van der Waals surface area contributed by atoms with E-state index < -0.39 is 0 Å². The molecular formula is C15H16NO. The van der Waals surface area contributed by atoms with Crippen LogP contribution in [0.15, 0.2) is 54.6 Å². The Kier molecular flexibility index (Phi) is 4.17. The SMILES string of the molecule is N[CH]Cc1ccc(OCc2ccccc2)cc1. The highest BCUT2D eigenvalue weighted by Gasteiger charge is 1.96. The van der Waals surface area contributed by atoms with E-state index in [-0.39, 0.29) is 0 Å². The van der Waals surface area contributed by atoms with E-state index in [0.29, 0.717) is 6.61 Å². The average Bonchev–Trinajstić information content (AvgIpc) is 2.40. The number of hydrogen-bond donors (Lipinski definition) is 1. The standard InChI is InChI=1S/C15H16NO/c16-11-10-13-6-8-15(9-7-13)17-12-14-4-2-1-3-5-14/h1-9,11H,10,12,16H2. The lowest BCUT2D eigenvalue weighted by Gasteiger charge is -2.07. The van der Waals surface area contributed by atoms with Crippen LogP contribution in [0.1, 0.15) is 11.1 Å². The van der Waals surface area contributed by atoms with Gasteiger partial charge in [0.05, 0.1) is 0 Å². The molecule has 87 valence electrons. The Morgan fingerprint density at radius 1 is 0.882 bits per heavy atom. The van der Waals surface area contributed by atoms with Crippen molar-refractivity contribution in [3.05, 3.63) is 72.3 Å². The van der Waals surface area contributed by atoms with Crippen molar-refractivity contribution in [3.8, 4) is 5.75 Å². The van der Waals surface area contributed by atoms with Gasteiger partial charge in [0.1, 0.15) is 12.4 Å². The van der Waals surface area contributed by atoms with E-state index in [4.69, 9.17) is 10.5 Å². The Hall–Kier alpha value is -1.80. The van der Waals surface area contributed by atoms with Crippen LogP contribution >= 0.6 is 0 Å². The van der Waals surface area contributed by atoms with Gasteiger partial charge >= 0.3 is 0 Å². The zero-order valence-corrected chi connectivity index (χ0v) is 9.67. The molecule has 2 nitrogen and oxygen atoms in total. The molecule has 0 amide bonds. The molecule has 0 heterocycles. The molecule has 0 aliphatic heterocycles. The van der Waals surface area contributed by atoms with Crippen LogP contribution in [-0.2, 0) is 13.0 Å². The summed E-state index contributed by atoms with van der Waals surface area (Å²) >= 11 is 0. The predicted octanol–water partition coefficient (Wildman–Crippen LogP) is 2.93. The molecule has 17 heavy (non-hydrogen) atoms. The first-order valence-electron chi connectivity index (χ1n) is 5.67. The summed E-state index contributed by atoms with van der Waals surface area (Å²) in [5.74, 6) is 0.884. The number of nitrogens with two attached hydrogens (primary N) is 1. The van der Waals surface area contributed by atoms with Crippen LogP contribution < -0.4 is 10.5 Å². The fourth-order valence-corrected chi connectivity index (χ4v) is 1.60. The van der Waals surface area contributed by atoms with Gasteiger partial charge in [-0.15, -0.1) is 0 Å². The molecule has 0 saturated heterocycles. The quantitative estimate of drug-likeness (QED) is 0.850. The Bertz CT molecular complexity index is 436. The molecular weight excluding hydrogens is 210 g/mol. The third kappa shape index (κ3) is 3.61. The third-order valence-electron chi connectivity index (χ3n) is 2.53. The second-order valence-corrected chi connectivity index (χ2v) is 3.86. The van der Waals surface area contributed by atoms with Gasteiger partial charge in [0.2, 0.25) is 0 Å². The van der Waals surface area contributed by atoms with Crippen molar-refractivity contribution in [3.63, 3.8) is 0 Å². The van der Waals surface area contributed by atoms with Crippen LogP contribution in [0.4, 0.5) is 0 Å². The smallest absolute Gasteiger partial charge is 0.119 e. The van der Waals surface area contributed by atoms with E-state index in [1.807, 2.05) is 42.5 Å². The molecule has 0 saturated carbocycles. The minimum Gasteiger partial charge on any atom is -0.489 e. The Balaban J connectivity index is 1.91. The highest BCUT2D eigenvalue weighted by molar-refractivity contribution is 5.28. The lowest BCUT2D eigenvalue weighted by atomic mass is 10.1. The molecule has 0 aliphatic rings. The first-order valence-corrected chi connectivity index (χ1v) is 5.67. The summed E-state index contributed by atoms with van der Waals surface area (Å²) in [4.78, 5) is 0. The molecule has 0 aliphatic carbocycles. The molecule has 2 rings (SSSR count). The Morgan fingerprint density at radius 2 is 1.59 bits per heavy atom. The van der Waals surface area contributed by atoms with Crippen molar-refractivity contribution in [1.29, 1.82) is 0 Å². The van der Waals surface area contributed by atoms with Crippen LogP contribution in [0, 0.1) is 6.54 Å². The lowest BCUT2D eigenvalue weighted by molar-refractivity contribution is 0.306. The van der Waals surface area contributed by atoms with E-state index >= 15 is 0 Å². The van der Waals surface area contributed by atoms with E-state index in [9.17, 15) is 0 Å². The summed E-state index contributed by atoms with van der Waals surface area (Å²) in [6.45, 7) is 2.25. The van der Waals surface area contributed by atoms with E-state index in [1.165, 1.54) is 11.1 Å². The molecule has 0 spiro atoms. The first kappa shape index (κ1) is 11.7. The summed E-state index contributed by atoms with van der Waals surface area (Å²) in [6.07, 6.45) is 0.791. The molecule has 2 N–H and O–H groups in total. The summed E-state index contributed by atoms with van der Waals surface area (Å²) in [5, 5.41) is 0. The van der Waals surface area contributed by atoms with Gasteiger partial charge in [-0.2, -0.15) is 0 Å². The highest BCUT2D eigenvalue weighted by Crippen LogP contribution is 2.14. The predicted molar refractivity (Wildman–Crippen MR) is 69.4 cm³/mol. The number of hydrogen-bond acceptors (Lipinski definition) is 2. The molecule has 2 heteroatoms. The minimum atomic E-state index is 0.600. The maximum absolute atomic E-state index is 5.68. The van der Waals surface area contributed by atoms with Crippen LogP contribution in [0.25, 0.3) is 0 Å². The van der Waals surface area contributed by atoms with Crippen molar-refractivity contribution in [1.82, 2.24) is 0 Å². The number of ether oxygens (including phenoxy) is 1. The van der Waals surface area contributed by atoms with E-state index in [1.54, 1.807) is 6.54 Å². The lowest BCUT2D eigenvalue weighted by Crippen LogP contribution is -1.97. The summed E-state index contributed by atoms with van der Waals surface area (Å²) in [6, 6.07) is 18.1. The molecule has 0 fully saturated rings. The Labute approximate surface area is 102 Å². The molecule has 1 radical (unpaired) electrons. The first-order chi connectivity index (χ1) is 8.38. The topological polar surface area (TPSA) is 35.2 Å². The second-order valence-electron chi connectivity index (χ2n) is 3.86. The Morgan fingerprint density at radius 3 is 2.24 bits per heavy atom. The van der Waals surface area contributed by atoms with Crippen LogP contribution in [-0.4, -0.2) is 0 Å². The molecule has 0 atom stereocenters. The van der Waals surface area contributed by atoms with Gasteiger partial charge in [-0.25, -0.2) is 0 Å². The zero-order valence-electron chi connectivity index (χ0n) is 9.67. The molecule has 0 aromatic heterocycles. The highest BCUT2D eigenvalue weighted by atomic mass is 16.5. The molecule has 2 aromatic carbocycles. The van der Waals surface area contributed by atoms with Gasteiger partial charge < -0.3 is 10.5 Å².